The summed E-state index contributed by atoms with van der Waals surface area (Å²) >= 11 is 0. The molecule has 0 aliphatic carbocycles. The number of alkyl halides is 3. The molecule has 0 aromatic rings. The SMILES string of the molecule is C=CC(C)C.CC(C)C(F)F.CC(C)CF.CC(C)N=[N+]=[N-].CCC(C)C.COC(C)C. The highest BCUT2D eigenvalue weighted by Gasteiger charge is 2.05. The van der Waals surface area contributed by atoms with Gasteiger partial charge in [0.2, 0.25) is 6.43 Å². The lowest BCUT2D eigenvalue weighted by molar-refractivity contribution is 0.0955. The van der Waals surface area contributed by atoms with Crippen molar-refractivity contribution in [1.82, 2.24) is 0 Å². The molecule has 0 fully saturated rings. The number of nitrogens with zero attached hydrogens (tertiary/aromatic N) is 3. The van der Waals surface area contributed by atoms with Crippen LogP contribution in [0, 0.1) is 23.7 Å². The lowest BCUT2D eigenvalue weighted by Gasteiger charge is -1.97. The van der Waals surface area contributed by atoms with E-state index in [9.17, 15) is 13.2 Å². The largest absolute Gasteiger partial charge is 0.382 e. The molecule has 0 saturated carbocycles. The van der Waals surface area contributed by atoms with Crippen LogP contribution in [0.5, 0.6) is 0 Å². The van der Waals surface area contributed by atoms with E-state index >= 15 is 0 Å². The van der Waals surface area contributed by atoms with E-state index < -0.39 is 12.3 Å². The second-order valence-electron chi connectivity index (χ2n) is 8.99. The summed E-state index contributed by atoms with van der Waals surface area (Å²) in [6.45, 7) is 28.6. The predicted molar refractivity (Wildman–Crippen MR) is 138 cm³/mol. The van der Waals surface area contributed by atoms with Crippen molar-refractivity contribution in [1.29, 1.82) is 0 Å². The Morgan fingerprint density at radius 1 is 0.906 bits per heavy atom. The van der Waals surface area contributed by atoms with Crippen LogP contribution in [0.25, 0.3) is 10.4 Å². The first-order chi connectivity index (χ1) is 14.5. The van der Waals surface area contributed by atoms with Crippen molar-refractivity contribution in [2.75, 3.05) is 13.8 Å². The van der Waals surface area contributed by atoms with E-state index in [1.54, 1.807) is 7.11 Å². The van der Waals surface area contributed by atoms with Crippen molar-refractivity contribution in [3.8, 4) is 0 Å². The molecule has 0 saturated heterocycles. The summed E-state index contributed by atoms with van der Waals surface area (Å²) in [5.41, 5.74) is 7.70. The predicted octanol–water partition coefficient (Wildman–Crippen LogP) is 10.1. The number of hydrogen-bond acceptors (Lipinski definition) is 2. The summed E-state index contributed by atoms with van der Waals surface area (Å²) in [6, 6.07) is 0.106. The molecule has 0 heterocycles. The van der Waals surface area contributed by atoms with Gasteiger partial charge in [-0.25, -0.2) is 8.78 Å². The zero-order valence-corrected chi connectivity index (χ0v) is 23.6. The van der Waals surface area contributed by atoms with E-state index in [4.69, 9.17) is 10.3 Å². The Kier molecular flexibility index (Phi) is 51.6. The smallest absolute Gasteiger partial charge is 0.240 e. The summed E-state index contributed by atoms with van der Waals surface area (Å²) in [5, 5.41) is 3.31. The van der Waals surface area contributed by atoms with Crippen molar-refractivity contribution in [2.45, 2.75) is 115 Å². The van der Waals surface area contributed by atoms with Crippen LogP contribution in [0.3, 0.4) is 0 Å². The monoisotopic (exact) mass is 471 g/mol. The second kappa shape index (κ2) is 37.1. The number of halogens is 3. The number of hydrogen-bond donors (Lipinski definition) is 0. The molecule has 0 unspecified atom stereocenters. The number of rotatable bonds is 6. The minimum absolute atomic E-state index is 0.106. The van der Waals surface area contributed by atoms with E-state index in [1.807, 2.05) is 47.6 Å². The summed E-state index contributed by atoms with van der Waals surface area (Å²) < 4.78 is 38.2. The summed E-state index contributed by atoms with van der Waals surface area (Å²) in [7, 11) is 1.70. The van der Waals surface area contributed by atoms with Gasteiger partial charge in [-0.2, -0.15) is 0 Å². The summed E-state index contributed by atoms with van der Waals surface area (Å²) in [6.07, 6.45) is 1.46. The van der Waals surface area contributed by atoms with Crippen LogP contribution in [0.4, 0.5) is 13.2 Å². The molecule has 198 valence electrons. The number of azide groups is 1. The molecule has 0 amide bonds. The molecule has 0 aliphatic heterocycles. The zero-order valence-electron chi connectivity index (χ0n) is 23.6. The van der Waals surface area contributed by atoms with Gasteiger partial charge in [0, 0.05) is 24.0 Å². The molecule has 0 aliphatic rings. The average Bonchev–Trinajstić information content (AvgIpc) is 2.69. The maximum Gasteiger partial charge on any atom is 0.240 e. The van der Waals surface area contributed by atoms with Gasteiger partial charge in [-0.05, 0) is 37.1 Å². The Morgan fingerprint density at radius 3 is 1.16 bits per heavy atom. The van der Waals surface area contributed by atoms with Crippen LogP contribution in [-0.2, 0) is 4.74 Å². The fraction of sp³-hybridized carbons (Fsp3) is 0.920. The highest BCUT2D eigenvalue weighted by atomic mass is 19.3. The quantitative estimate of drug-likeness (QED) is 0.164. The molecule has 0 bridgehead atoms. The number of methoxy groups -OCH3 is 1. The van der Waals surface area contributed by atoms with Gasteiger partial charge in [-0.3, -0.25) is 4.39 Å². The van der Waals surface area contributed by atoms with Gasteiger partial charge < -0.3 is 4.74 Å². The van der Waals surface area contributed by atoms with Crippen LogP contribution in [0.15, 0.2) is 17.8 Å². The van der Waals surface area contributed by atoms with E-state index in [-0.39, 0.29) is 18.6 Å². The Bertz CT molecular complexity index is 342. The van der Waals surface area contributed by atoms with Gasteiger partial charge in [-0.1, -0.05) is 93.8 Å². The van der Waals surface area contributed by atoms with Gasteiger partial charge in [0.15, 0.2) is 0 Å². The minimum atomic E-state index is -2.15. The fourth-order valence-corrected chi connectivity index (χ4v) is 0.103. The maximum absolute atomic E-state index is 11.2. The maximum atomic E-state index is 11.2. The molecule has 4 nitrogen and oxygen atoms in total. The lowest BCUT2D eigenvalue weighted by atomic mass is 10.2. The molecule has 0 spiro atoms. The molecule has 0 radical (unpaired) electrons. The summed E-state index contributed by atoms with van der Waals surface area (Å²) in [5.74, 6) is 1.27. The molecular formula is C25H56F3N3O. The molecule has 0 aromatic heterocycles. The second-order valence-corrected chi connectivity index (χ2v) is 8.99. The Labute approximate surface area is 199 Å². The first-order valence-corrected chi connectivity index (χ1v) is 11.5. The van der Waals surface area contributed by atoms with Crippen LogP contribution >= 0.6 is 0 Å². The van der Waals surface area contributed by atoms with E-state index in [0.717, 1.165) is 5.92 Å². The molecule has 0 atom stereocenters. The Balaban J connectivity index is -0.0000000635. The Hall–Kier alpha value is -1.20. The third kappa shape index (κ3) is 117. The molecule has 0 rings (SSSR count). The molecule has 32 heavy (non-hydrogen) atoms. The van der Waals surface area contributed by atoms with Crippen LogP contribution < -0.4 is 0 Å². The standard InChI is InChI=1S/C5H12.C5H10.C4H8F2.C4H9F.C4H10O.C3H7N3/c2*1-4-5(2)3;1-3(2)4(5)6;1-4(2)3-5;1-4(2)5-3;1-3(2)5-6-4/h5H,4H2,1-3H3;4-5H,1H2,2-3H3;3-4H,1-2H3;4H,3H2,1-2H3;4H,1-3H3;3H,1-2H3. The van der Waals surface area contributed by atoms with Crippen LogP contribution in [-0.4, -0.2) is 32.4 Å². The van der Waals surface area contributed by atoms with Gasteiger partial charge >= 0.3 is 0 Å². The van der Waals surface area contributed by atoms with Crippen molar-refractivity contribution >= 4 is 0 Å². The number of allylic oxidation sites excluding steroid dienone is 1. The van der Waals surface area contributed by atoms with Crippen LogP contribution in [0.2, 0.25) is 0 Å². The highest BCUT2D eigenvalue weighted by Crippen LogP contribution is 2.04. The van der Waals surface area contributed by atoms with Crippen molar-refractivity contribution in [3.05, 3.63) is 23.1 Å². The highest BCUT2D eigenvalue weighted by molar-refractivity contribution is 4.69. The Morgan fingerprint density at radius 2 is 1.16 bits per heavy atom. The molecule has 0 N–H and O–H groups in total. The van der Waals surface area contributed by atoms with E-state index in [1.165, 1.54) is 20.3 Å². The summed E-state index contributed by atoms with van der Waals surface area (Å²) in [4.78, 5) is 2.56. The lowest BCUT2D eigenvalue weighted by Crippen LogP contribution is -1.99. The first-order valence-electron chi connectivity index (χ1n) is 11.5. The molecule has 7 heteroatoms. The first kappa shape index (κ1) is 44.5. The molecular weight excluding hydrogens is 415 g/mol. The van der Waals surface area contributed by atoms with Crippen molar-refractivity contribution in [2.24, 2.45) is 28.8 Å². The van der Waals surface area contributed by atoms with Gasteiger partial charge in [0.25, 0.3) is 0 Å². The van der Waals surface area contributed by atoms with Crippen LogP contribution in [0.1, 0.15) is 96.4 Å². The normalized spacial score (nSPS) is 9.38. The van der Waals surface area contributed by atoms with Gasteiger partial charge in [-0.15, -0.1) is 6.58 Å². The third-order valence-corrected chi connectivity index (χ3v) is 2.85. The van der Waals surface area contributed by atoms with Crippen molar-refractivity contribution in [3.63, 3.8) is 0 Å². The van der Waals surface area contributed by atoms with Crippen molar-refractivity contribution < 1.29 is 17.9 Å². The third-order valence-electron chi connectivity index (χ3n) is 2.85. The minimum Gasteiger partial charge on any atom is -0.382 e. The van der Waals surface area contributed by atoms with Gasteiger partial charge in [0.1, 0.15) is 0 Å². The van der Waals surface area contributed by atoms with Gasteiger partial charge in [0.05, 0.1) is 12.8 Å². The zero-order chi connectivity index (χ0) is 27.3. The topological polar surface area (TPSA) is 58.0 Å². The van der Waals surface area contributed by atoms with E-state index in [0.29, 0.717) is 12.0 Å². The molecule has 0 aromatic carbocycles. The number of ether oxygens (including phenoxy) is 1. The van der Waals surface area contributed by atoms with E-state index in [2.05, 4.69) is 51.2 Å². The average molecular weight is 472 g/mol. The fourth-order valence-electron chi connectivity index (χ4n) is 0.103.